The Morgan fingerprint density at radius 3 is 2.36 bits per heavy atom. The van der Waals surface area contributed by atoms with Crippen LogP contribution < -0.4 is 10.1 Å². The van der Waals surface area contributed by atoms with E-state index in [1.54, 1.807) is 23.1 Å². The van der Waals surface area contributed by atoms with Gasteiger partial charge in [0.1, 0.15) is 11.6 Å². The highest BCUT2D eigenvalue weighted by Gasteiger charge is 2.31. The van der Waals surface area contributed by atoms with E-state index in [1.165, 1.54) is 29.5 Å². The smallest absolute Gasteiger partial charge is 0.406 e. The molecule has 1 N–H and O–H groups in total. The van der Waals surface area contributed by atoms with Crippen molar-refractivity contribution in [3.63, 3.8) is 0 Å². The molecule has 1 fully saturated rings. The molecule has 33 heavy (non-hydrogen) atoms. The fraction of sp³-hybridized carbons (Fsp3) is 0.273. The summed E-state index contributed by atoms with van der Waals surface area (Å²) < 4.78 is 55.1. The lowest BCUT2D eigenvalue weighted by Gasteiger charge is -2.34. The molecule has 0 radical (unpaired) electrons. The van der Waals surface area contributed by atoms with Crippen molar-refractivity contribution in [2.75, 3.05) is 38.0 Å². The minimum absolute atomic E-state index is 0.0803. The van der Waals surface area contributed by atoms with Crippen LogP contribution in [0.4, 0.5) is 23.2 Å². The molecule has 1 saturated heterocycles. The van der Waals surface area contributed by atoms with Crippen LogP contribution in [-0.4, -0.2) is 60.7 Å². The predicted molar refractivity (Wildman–Crippen MR) is 116 cm³/mol. The van der Waals surface area contributed by atoms with Crippen LogP contribution in [0.2, 0.25) is 0 Å². The Morgan fingerprint density at radius 1 is 1.03 bits per heavy atom. The zero-order chi connectivity index (χ0) is 23.6. The van der Waals surface area contributed by atoms with Gasteiger partial charge in [0.15, 0.2) is 0 Å². The van der Waals surface area contributed by atoms with Crippen molar-refractivity contribution >= 4 is 38.9 Å². The molecule has 11 heteroatoms. The van der Waals surface area contributed by atoms with Gasteiger partial charge in [-0.25, -0.2) is 4.39 Å². The molecule has 0 bridgehead atoms. The number of rotatable bonds is 5. The first kappa shape index (κ1) is 23.0. The molecule has 4 rings (SSSR count). The van der Waals surface area contributed by atoms with Gasteiger partial charge >= 0.3 is 6.36 Å². The molecule has 0 atom stereocenters. The topological polar surface area (TPSA) is 61.9 Å². The molecule has 2 heterocycles. The van der Waals surface area contributed by atoms with Gasteiger partial charge in [0, 0.05) is 42.0 Å². The first-order valence-corrected chi connectivity index (χ1v) is 10.8. The summed E-state index contributed by atoms with van der Waals surface area (Å²) >= 11 is 1.25. The van der Waals surface area contributed by atoms with Crippen LogP contribution >= 0.6 is 11.3 Å². The SMILES string of the molecule is O=C(CN1CCN(C(=O)c2cc3c(F)cccc3s2)CC1)Nc1ccc(OC(F)(F)F)cc1. The Labute approximate surface area is 190 Å². The number of fused-ring (bicyclic) bond motifs is 1. The van der Waals surface area contributed by atoms with Gasteiger partial charge in [-0.15, -0.1) is 24.5 Å². The van der Waals surface area contributed by atoms with Crippen LogP contribution in [-0.2, 0) is 4.79 Å². The number of ether oxygens (including phenoxy) is 1. The number of hydrogen-bond donors (Lipinski definition) is 1. The van der Waals surface area contributed by atoms with Crippen molar-refractivity contribution in [1.29, 1.82) is 0 Å². The Morgan fingerprint density at radius 2 is 1.73 bits per heavy atom. The van der Waals surface area contributed by atoms with E-state index in [0.717, 1.165) is 12.1 Å². The summed E-state index contributed by atoms with van der Waals surface area (Å²) in [7, 11) is 0. The second-order valence-corrected chi connectivity index (χ2v) is 8.53. The van der Waals surface area contributed by atoms with Gasteiger partial charge in [-0.05, 0) is 42.5 Å². The highest BCUT2D eigenvalue weighted by Crippen LogP contribution is 2.29. The first-order chi connectivity index (χ1) is 15.7. The largest absolute Gasteiger partial charge is 0.573 e. The molecule has 2 aromatic carbocycles. The summed E-state index contributed by atoms with van der Waals surface area (Å²) in [6, 6.07) is 11.2. The second-order valence-electron chi connectivity index (χ2n) is 7.45. The fourth-order valence-electron chi connectivity index (χ4n) is 3.54. The molecule has 1 aromatic heterocycles. The van der Waals surface area contributed by atoms with E-state index in [4.69, 9.17) is 0 Å². The minimum Gasteiger partial charge on any atom is -0.406 e. The highest BCUT2D eigenvalue weighted by molar-refractivity contribution is 7.20. The quantitative estimate of drug-likeness (QED) is 0.551. The lowest BCUT2D eigenvalue weighted by atomic mass is 10.2. The van der Waals surface area contributed by atoms with Crippen molar-refractivity contribution in [1.82, 2.24) is 9.80 Å². The third-order valence-corrected chi connectivity index (χ3v) is 6.21. The normalized spacial score (nSPS) is 15.0. The monoisotopic (exact) mass is 481 g/mol. The summed E-state index contributed by atoms with van der Waals surface area (Å²) in [5, 5.41) is 3.06. The fourth-order valence-corrected chi connectivity index (χ4v) is 4.58. The molecule has 0 unspecified atom stereocenters. The van der Waals surface area contributed by atoms with Crippen molar-refractivity contribution < 1.29 is 31.9 Å². The number of anilines is 1. The lowest BCUT2D eigenvalue weighted by molar-refractivity contribution is -0.274. The lowest BCUT2D eigenvalue weighted by Crippen LogP contribution is -2.50. The standard InChI is InChI=1S/C22H19F4N3O3S/c23-17-2-1-3-18-16(17)12-19(33-18)21(31)29-10-8-28(9-11-29)13-20(30)27-14-4-6-15(7-5-14)32-22(24,25)26/h1-7,12H,8-11,13H2,(H,27,30). The highest BCUT2D eigenvalue weighted by atomic mass is 32.1. The van der Waals surface area contributed by atoms with Crippen molar-refractivity contribution in [2.24, 2.45) is 0 Å². The zero-order valence-electron chi connectivity index (χ0n) is 17.2. The van der Waals surface area contributed by atoms with Crippen molar-refractivity contribution in [3.05, 3.63) is 59.2 Å². The Kier molecular flexibility index (Phi) is 6.52. The van der Waals surface area contributed by atoms with Gasteiger partial charge in [-0.3, -0.25) is 14.5 Å². The first-order valence-electron chi connectivity index (χ1n) is 10.0. The number of carbonyl (C=O) groups excluding carboxylic acids is 2. The molecule has 0 aliphatic carbocycles. The molecular weight excluding hydrogens is 462 g/mol. The zero-order valence-corrected chi connectivity index (χ0v) is 18.0. The third-order valence-electron chi connectivity index (χ3n) is 5.12. The number of nitrogens with zero attached hydrogens (tertiary/aromatic N) is 2. The number of alkyl halides is 3. The van der Waals surface area contributed by atoms with Gasteiger partial charge in [-0.1, -0.05) is 6.07 Å². The van der Waals surface area contributed by atoms with Crippen LogP contribution in [0.1, 0.15) is 9.67 Å². The van der Waals surface area contributed by atoms with Crippen LogP contribution in [0.5, 0.6) is 5.75 Å². The van der Waals surface area contributed by atoms with E-state index in [9.17, 15) is 27.2 Å². The molecule has 174 valence electrons. The number of benzene rings is 2. The van der Waals surface area contributed by atoms with Gasteiger partial charge < -0.3 is 15.0 Å². The predicted octanol–water partition coefficient (Wildman–Crippen LogP) is 4.34. The Balaban J connectivity index is 1.27. The van der Waals surface area contributed by atoms with Crippen LogP contribution in [0.3, 0.4) is 0 Å². The summed E-state index contributed by atoms with van der Waals surface area (Å²) in [4.78, 5) is 29.1. The maximum Gasteiger partial charge on any atom is 0.573 e. The summed E-state index contributed by atoms with van der Waals surface area (Å²) in [6.07, 6.45) is -4.78. The van der Waals surface area contributed by atoms with E-state index in [1.807, 2.05) is 4.90 Å². The van der Waals surface area contributed by atoms with Gasteiger partial charge in [0.2, 0.25) is 5.91 Å². The van der Waals surface area contributed by atoms with Crippen LogP contribution in [0.25, 0.3) is 10.1 Å². The molecule has 6 nitrogen and oxygen atoms in total. The summed E-state index contributed by atoms with van der Waals surface area (Å²) in [6.45, 7) is 1.89. The Hall–Kier alpha value is -3.18. The van der Waals surface area contributed by atoms with Crippen molar-refractivity contribution in [2.45, 2.75) is 6.36 Å². The maximum absolute atomic E-state index is 13.9. The average molecular weight is 481 g/mol. The molecular formula is C22H19F4N3O3S. The summed E-state index contributed by atoms with van der Waals surface area (Å²) in [5.74, 6) is -1.22. The molecule has 0 spiro atoms. The Bertz CT molecular complexity index is 1160. The minimum atomic E-state index is -4.78. The second kappa shape index (κ2) is 9.36. The molecule has 1 aliphatic rings. The molecule has 1 aliphatic heterocycles. The number of carbonyl (C=O) groups is 2. The number of thiophene rings is 1. The van der Waals surface area contributed by atoms with Crippen LogP contribution in [0.15, 0.2) is 48.5 Å². The van der Waals surface area contributed by atoms with E-state index in [-0.39, 0.29) is 29.9 Å². The molecule has 3 aromatic rings. The number of halogens is 4. The number of amides is 2. The van der Waals surface area contributed by atoms with Crippen molar-refractivity contribution in [3.8, 4) is 5.75 Å². The maximum atomic E-state index is 13.9. The third kappa shape index (κ3) is 5.79. The van der Waals surface area contributed by atoms with E-state index in [2.05, 4.69) is 10.1 Å². The number of hydrogen-bond acceptors (Lipinski definition) is 5. The number of piperazine rings is 1. The summed E-state index contributed by atoms with van der Waals surface area (Å²) in [5.41, 5.74) is 0.348. The van der Waals surface area contributed by atoms with E-state index < -0.39 is 6.36 Å². The molecule has 0 saturated carbocycles. The van der Waals surface area contributed by atoms with E-state index in [0.29, 0.717) is 46.8 Å². The number of nitrogens with one attached hydrogen (secondary N) is 1. The van der Waals surface area contributed by atoms with E-state index >= 15 is 0 Å². The molecule has 2 amide bonds. The average Bonchev–Trinajstić information content (AvgIpc) is 3.20. The van der Waals surface area contributed by atoms with Crippen LogP contribution in [0, 0.1) is 5.82 Å². The van der Waals surface area contributed by atoms with Gasteiger partial charge in [0.25, 0.3) is 5.91 Å². The van der Waals surface area contributed by atoms with Gasteiger partial charge in [-0.2, -0.15) is 0 Å². The van der Waals surface area contributed by atoms with Gasteiger partial charge in [0.05, 0.1) is 11.4 Å².